The number of hydrogen-bond acceptors (Lipinski definition) is 5. The van der Waals surface area contributed by atoms with E-state index in [9.17, 15) is 4.79 Å². The molecule has 1 aromatic carbocycles. The van der Waals surface area contributed by atoms with E-state index in [1.165, 1.54) is 50.1 Å². The number of carbonyl (C=O) groups excluding carboxylic acids is 1. The molecule has 2 fully saturated rings. The standard InChI is InChI=1S/C24H32N4O2/c1-19-16-22(25-30-19)23(29)28-17-20-6-2-3-7-21(20)24(18-28)8-12-27(13-9-24)15-14-26-10-4-5-11-26/h2-3,6-7,16H,4-5,8-15,17-18H2,1H3. The normalized spacial score (nSPS) is 21.8. The van der Waals surface area contributed by atoms with E-state index in [2.05, 4.69) is 39.2 Å². The van der Waals surface area contributed by atoms with E-state index in [0.717, 1.165) is 32.5 Å². The van der Waals surface area contributed by atoms with Gasteiger partial charge in [-0.1, -0.05) is 29.4 Å². The molecular formula is C24H32N4O2. The number of nitrogens with zero attached hydrogens (tertiary/aromatic N) is 4. The average Bonchev–Trinajstić information content (AvgIpc) is 3.45. The molecule has 6 nitrogen and oxygen atoms in total. The molecule has 2 saturated heterocycles. The lowest BCUT2D eigenvalue weighted by Crippen LogP contribution is -2.53. The van der Waals surface area contributed by atoms with E-state index in [1.807, 2.05) is 11.8 Å². The first-order valence-corrected chi connectivity index (χ1v) is 11.4. The maximum absolute atomic E-state index is 13.2. The van der Waals surface area contributed by atoms with Crippen LogP contribution >= 0.6 is 0 Å². The topological polar surface area (TPSA) is 52.8 Å². The van der Waals surface area contributed by atoms with Crippen molar-refractivity contribution in [3.63, 3.8) is 0 Å². The molecule has 1 spiro atoms. The van der Waals surface area contributed by atoms with Crippen LogP contribution in [0, 0.1) is 6.92 Å². The maximum atomic E-state index is 13.2. The van der Waals surface area contributed by atoms with E-state index in [-0.39, 0.29) is 11.3 Å². The van der Waals surface area contributed by atoms with Gasteiger partial charge in [0.25, 0.3) is 5.91 Å². The van der Waals surface area contributed by atoms with Crippen LogP contribution in [-0.2, 0) is 12.0 Å². The number of rotatable bonds is 4. The molecule has 30 heavy (non-hydrogen) atoms. The second-order valence-corrected chi connectivity index (χ2v) is 9.31. The Balaban J connectivity index is 1.31. The van der Waals surface area contributed by atoms with Crippen LogP contribution < -0.4 is 0 Å². The fourth-order valence-electron chi connectivity index (χ4n) is 5.58. The number of aryl methyl sites for hydroxylation is 1. The molecule has 0 unspecified atom stereocenters. The predicted octanol–water partition coefficient (Wildman–Crippen LogP) is 3.07. The van der Waals surface area contributed by atoms with E-state index in [4.69, 9.17) is 4.52 Å². The number of aromatic nitrogens is 1. The molecule has 0 atom stereocenters. The monoisotopic (exact) mass is 408 g/mol. The minimum Gasteiger partial charge on any atom is -0.361 e. The van der Waals surface area contributed by atoms with E-state index in [1.54, 1.807) is 6.07 Å². The molecule has 2 aromatic rings. The lowest BCUT2D eigenvalue weighted by atomic mass is 9.68. The molecule has 6 heteroatoms. The van der Waals surface area contributed by atoms with Crippen LogP contribution in [-0.4, -0.2) is 71.6 Å². The van der Waals surface area contributed by atoms with Crippen molar-refractivity contribution in [2.45, 2.75) is 44.6 Å². The van der Waals surface area contributed by atoms with Gasteiger partial charge in [-0.2, -0.15) is 0 Å². The Hall–Kier alpha value is -2.18. The van der Waals surface area contributed by atoms with Crippen LogP contribution in [0.2, 0.25) is 0 Å². The van der Waals surface area contributed by atoms with Crippen LogP contribution in [0.25, 0.3) is 0 Å². The lowest BCUT2D eigenvalue weighted by molar-refractivity contribution is 0.0563. The summed E-state index contributed by atoms with van der Waals surface area (Å²) in [6.07, 6.45) is 4.92. The molecule has 5 rings (SSSR count). The van der Waals surface area contributed by atoms with Crippen LogP contribution in [0.1, 0.15) is 53.1 Å². The minimum atomic E-state index is -0.0165. The summed E-state index contributed by atoms with van der Waals surface area (Å²) in [5, 5.41) is 3.98. The molecule has 0 saturated carbocycles. The second-order valence-electron chi connectivity index (χ2n) is 9.31. The van der Waals surface area contributed by atoms with E-state index in [0.29, 0.717) is 18.0 Å². The molecular weight excluding hydrogens is 376 g/mol. The summed E-state index contributed by atoms with van der Waals surface area (Å²) in [5.74, 6) is 0.661. The number of benzene rings is 1. The van der Waals surface area contributed by atoms with Crippen LogP contribution in [0.4, 0.5) is 0 Å². The van der Waals surface area contributed by atoms with Gasteiger partial charge in [0.2, 0.25) is 0 Å². The number of hydrogen-bond donors (Lipinski definition) is 0. The van der Waals surface area contributed by atoms with E-state index < -0.39 is 0 Å². The molecule has 1 aromatic heterocycles. The molecule has 0 bridgehead atoms. The van der Waals surface area contributed by atoms with Crippen LogP contribution in [0.5, 0.6) is 0 Å². The summed E-state index contributed by atoms with van der Waals surface area (Å²) < 4.78 is 5.16. The summed E-state index contributed by atoms with van der Waals surface area (Å²) in [5.41, 5.74) is 3.20. The Morgan fingerprint density at radius 1 is 1.07 bits per heavy atom. The first-order chi connectivity index (χ1) is 14.6. The van der Waals surface area contributed by atoms with Crippen molar-refractivity contribution < 1.29 is 9.32 Å². The van der Waals surface area contributed by atoms with E-state index >= 15 is 0 Å². The van der Waals surface area contributed by atoms with Crippen LogP contribution in [0.15, 0.2) is 34.9 Å². The molecule has 0 N–H and O–H groups in total. The van der Waals surface area contributed by atoms with Crippen molar-refractivity contribution in [1.82, 2.24) is 19.9 Å². The fraction of sp³-hybridized carbons (Fsp3) is 0.583. The molecule has 1 amide bonds. The van der Waals surface area contributed by atoms with Crippen molar-refractivity contribution in [2.24, 2.45) is 0 Å². The number of carbonyl (C=O) groups is 1. The summed E-state index contributed by atoms with van der Waals surface area (Å²) >= 11 is 0. The third-order valence-corrected chi connectivity index (χ3v) is 7.32. The van der Waals surface area contributed by atoms with Crippen molar-refractivity contribution in [1.29, 1.82) is 0 Å². The Kier molecular flexibility index (Phi) is 5.37. The highest BCUT2D eigenvalue weighted by Crippen LogP contribution is 2.42. The second kappa shape index (κ2) is 8.16. The Morgan fingerprint density at radius 2 is 1.77 bits per heavy atom. The highest BCUT2D eigenvalue weighted by molar-refractivity contribution is 5.92. The molecule has 4 heterocycles. The third-order valence-electron chi connectivity index (χ3n) is 7.32. The van der Waals surface area contributed by atoms with Gasteiger partial charge in [0.1, 0.15) is 5.76 Å². The Bertz CT molecular complexity index is 894. The van der Waals surface area contributed by atoms with Gasteiger partial charge in [0, 0.05) is 37.7 Å². The van der Waals surface area contributed by atoms with Crippen molar-refractivity contribution in [2.75, 3.05) is 45.8 Å². The lowest BCUT2D eigenvalue weighted by Gasteiger charge is -2.48. The molecule has 3 aliphatic rings. The average molecular weight is 409 g/mol. The van der Waals surface area contributed by atoms with Gasteiger partial charge >= 0.3 is 0 Å². The van der Waals surface area contributed by atoms with Crippen LogP contribution in [0.3, 0.4) is 0 Å². The van der Waals surface area contributed by atoms with Gasteiger partial charge in [0.05, 0.1) is 0 Å². The molecule has 3 aliphatic heterocycles. The van der Waals surface area contributed by atoms with Gasteiger partial charge in [-0.05, 0) is 69.9 Å². The quantitative estimate of drug-likeness (QED) is 0.778. The zero-order valence-electron chi connectivity index (χ0n) is 18.0. The maximum Gasteiger partial charge on any atom is 0.276 e. The van der Waals surface area contributed by atoms with Crippen molar-refractivity contribution in [3.05, 3.63) is 52.9 Å². The number of amides is 1. The van der Waals surface area contributed by atoms with Crippen molar-refractivity contribution in [3.8, 4) is 0 Å². The Morgan fingerprint density at radius 3 is 2.47 bits per heavy atom. The van der Waals surface area contributed by atoms with Gasteiger partial charge in [0.15, 0.2) is 5.69 Å². The minimum absolute atomic E-state index is 0.0165. The molecule has 0 radical (unpaired) electrons. The summed E-state index contributed by atoms with van der Waals surface area (Å²) in [6, 6.07) is 10.5. The van der Waals surface area contributed by atoms with Gasteiger partial charge in [-0.3, -0.25) is 4.79 Å². The highest BCUT2D eigenvalue weighted by Gasteiger charge is 2.43. The predicted molar refractivity (Wildman–Crippen MR) is 115 cm³/mol. The third kappa shape index (κ3) is 3.79. The summed E-state index contributed by atoms with van der Waals surface area (Å²) in [7, 11) is 0. The van der Waals surface area contributed by atoms with Gasteiger partial charge in [-0.25, -0.2) is 0 Å². The molecule has 0 aliphatic carbocycles. The SMILES string of the molecule is Cc1cc(C(=O)N2Cc3ccccc3C3(CCN(CCN4CCCC4)CC3)C2)no1. The Labute approximate surface area is 178 Å². The first-order valence-electron chi connectivity index (χ1n) is 11.4. The largest absolute Gasteiger partial charge is 0.361 e. The number of piperidine rings is 1. The zero-order valence-corrected chi connectivity index (χ0v) is 18.0. The van der Waals surface area contributed by atoms with Crippen molar-refractivity contribution >= 4 is 5.91 Å². The van der Waals surface area contributed by atoms with Gasteiger partial charge in [-0.15, -0.1) is 0 Å². The fourth-order valence-corrected chi connectivity index (χ4v) is 5.58. The zero-order chi connectivity index (χ0) is 20.6. The van der Waals surface area contributed by atoms with Gasteiger partial charge < -0.3 is 19.2 Å². The smallest absolute Gasteiger partial charge is 0.276 e. The summed E-state index contributed by atoms with van der Waals surface area (Å²) in [4.78, 5) is 20.4. The number of likely N-dealkylation sites (tertiary alicyclic amines) is 2. The first kappa shape index (κ1) is 19.8. The molecule has 160 valence electrons. The highest BCUT2D eigenvalue weighted by atomic mass is 16.5. The number of fused-ring (bicyclic) bond motifs is 2. The summed E-state index contributed by atoms with van der Waals surface area (Å²) in [6.45, 7) is 10.4.